The number of anilines is 1. The number of unbranched alkanes of at least 4 members (excludes halogenated alkanes) is 2. The fourth-order valence-electron chi connectivity index (χ4n) is 2.50. The summed E-state index contributed by atoms with van der Waals surface area (Å²) < 4.78 is 0. The smallest absolute Gasteiger partial charge is 0.252 e. The molecular formula is C20H26N2O2S. The first kappa shape index (κ1) is 19.2. The van der Waals surface area contributed by atoms with Gasteiger partial charge in [-0.2, -0.15) is 11.3 Å². The van der Waals surface area contributed by atoms with Crippen LogP contribution in [0.3, 0.4) is 0 Å². The van der Waals surface area contributed by atoms with Gasteiger partial charge >= 0.3 is 0 Å². The molecule has 1 aromatic carbocycles. The molecule has 1 aromatic heterocycles. The molecule has 2 rings (SSSR count). The van der Waals surface area contributed by atoms with Crippen LogP contribution in [0.15, 0.2) is 41.1 Å². The predicted molar refractivity (Wildman–Crippen MR) is 104 cm³/mol. The van der Waals surface area contributed by atoms with Gasteiger partial charge in [-0.3, -0.25) is 9.59 Å². The van der Waals surface area contributed by atoms with E-state index in [2.05, 4.69) is 29.7 Å². The number of amides is 2. The number of carbonyl (C=O) groups is 2. The maximum Gasteiger partial charge on any atom is 0.252 e. The third-order valence-corrected chi connectivity index (χ3v) is 4.64. The average molecular weight is 359 g/mol. The average Bonchev–Trinajstić information content (AvgIpc) is 3.15. The summed E-state index contributed by atoms with van der Waals surface area (Å²) in [5, 5.41) is 9.41. The Hall–Kier alpha value is -2.14. The normalized spacial score (nSPS) is 10.4. The third kappa shape index (κ3) is 7.10. The van der Waals surface area contributed by atoms with Crippen LogP contribution in [0.1, 0.15) is 54.9 Å². The Bertz CT molecular complexity index is 651. The molecule has 0 atom stereocenters. The summed E-state index contributed by atoms with van der Waals surface area (Å²) in [7, 11) is 0. The van der Waals surface area contributed by atoms with Crippen molar-refractivity contribution in [2.75, 3.05) is 11.9 Å². The van der Waals surface area contributed by atoms with Crippen molar-refractivity contribution in [3.63, 3.8) is 0 Å². The summed E-state index contributed by atoms with van der Waals surface area (Å²) >= 11 is 1.49. The summed E-state index contributed by atoms with van der Waals surface area (Å²) in [6.45, 7) is 2.70. The second kappa shape index (κ2) is 10.7. The van der Waals surface area contributed by atoms with Crippen molar-refractivity contribution in [2.24, 2.45) is 0 Å². The highest BCUT2D eigenvalue weighted by molar-refractivity contribution is 7.08. The summed E-state index contributed by atoms with van der Waals surface area (Å²) in [5.74, 6) is -0.108. The van der Waals surface area contributed by atoms with Gasteiger partial charge in [-0.15, -0.1) is 0 Å². The molecule has 0 radical (unpaired) electrons. The molecule has 2 N–H and O–H groups in total. The van der Waals surface area contributed by atoms with E-state index in [9.17, 15) is 9.59 Å². The minimum absolute atomic E-state index is 0.0245. The maximum atomic E-state index is 12.0. The van der Waals surface area contributed by atoms with Gasteiger partial charge < -0.3 is 10.6 Å². The molecule has 134 valence electrons. The first-order valence-corrected chi connectivity index (χ1v) is 9.82. The second-order valence-corrected chi connectivity index (χ2v) is 6.85. The number of thiophene rings is 1. The molecule has 0 bridgehead atoms. The lowest BCUT2D eigenvalue weighted by Crippen LogP contribution is -2.25. The molecule has 0 fully saturated rings. The summed E-state index contributed by atoms with van der Waals surface area (Å²) in [6.07, 6.45) is 5.79. The first-order chi connectivity index (χ1) is 12.2. The van der Waals surface area contributed by atoms with Crippen molar-refractivity contribution >= 4 is 28.8 Å². The van der Waals surface area contributed by atoms with Gasteiger partial charge in [-0.25, -0.2) is 0 Å². The number of nitrogens with one attached hydrogen (secondary N) is 2. The van der Waals surface area contributed by atoms with Crippen molar-refractivity contribution in [1.29, 1.82) is 0 Å². The van der Waals surface area contributed by atoms with E-state index in [1.165, 1.54) is 36.2 Å². The fourth-order valence-corrected chi connectivity index (χ4v) is 3.14. The SMILES string of the molecule is CCCCCc1ccc(NC(=O)CCCNC(=O)c2ccsc2)cc1. The van der Waals surface area contributed by atoms with Crippen LogP contribution < -0.4 is 10.6 Å². The molecule has 0 spiro atoms. The lowest BCUT2D eigenvalue weighted by atomic mass is 10.1. The minimum Gasteiger partial charge on any atom is -0.352 e. The number of rotatable bonds is 10. The highest BCUT2D eigenvalue weighted by Crippen LogP contribution is 2.13. The molecule has 0 aliphatic rings. The van der Waals surface area contributed by atoms with Crippen LogP contribution in [-0.4, -0.2) is 18.4 Å². The molecule has 4 nitrogen and oxygen atoms in total. The zero-order chi connectivity index (χ0) is 17.9. The molecule has 2 aromatic rings. The van der Waals surface area contributed by atoms with Crippen LogP contribution in [0.4, 0.5) is 5.69 Å². The van der Waals surface area contributed by atoms with Crippen LogP contribution in [0, 0.1) is 0 Å². The number of aryl methyl sites for hydroxylation is 1. The van der Waals surface area contributed by atoms with Gasteiger partial charge in [0, 0.05) is 29.6 Å². The topological polar surface area (TPSA) is 58.2 Å². The van der Waals surface area contributed by atoms with E-state index in [1.807, 2.05) is 22.9 Å². The van der Waals surface area contributed by atoms with E-state index in [-0.39, 0.29) is 11.8 Å². The zero-order valence-electron chi connectivity index (χ0n) is 14.7. The van der Waals surface area contributed by atoms with Gasteiger partial charge in [0.1, 0.15) is 0 Å². The highest BCUT2D eigenvalue weighted by atomic mass is 32.1. The Labute approximate surface area is 153 Å². The molecule has 5 heteroatoms. The van der Waals surface area contributed by atoms with Crippen molar-refractivity contribution < 1.29 is 9.59 Å². The number of carbonyl (C=O) groups excluding carboxylic acids is 2. The molecule has 25 heavy (non-hydrogen) atoms. The molecule has 0 unspecified atom stereocenters. The number of hydrogen-bond donors (Lipinski definition) is 2. The molecular weight excluding hydrogens is 332 g/mol. The van der Waals surface area contributed by atoms with Crippen molar-refractivity contribution in [3.8, 4) is 0 Å². The van der Waals surface area contributed by atoms with Crippen LogP contribution >= 0.6 is 11.3 Å². The van der Waals surface area contributed by atoms with Gasteiger partial charge in [-0.1, -0.05) is 31.9 Å². The predicted octanol–water partition coefficient (Wildman–Crippen LogP) is 4.63. The van der Waals surface area contributed by atoms with Crippen LogP contribution in [0.2, 0.25) is 0 Å². The van der Waals surface area contributed by atoms with E-state index in [0.29, 0.717) is 24.9 Å². The molecule has 0 aliphatic carbocycles. The fraction of sp³-hybridized carbons (Fsp3) is 0.400. The summed E-state index contributed by atoms with van der Waals surface area (Å²) in [6, 6.07) is 9.85. The van der Waals surface area contributed by atoms with E-state index in [0.717, 1.165) is 12.1 Å². The number of benzene rings is 1. The lowest BCUT2D eigenvalue weighted by Gasteiger charge is -2.07. The zero-order valence-corrected chi connectivity index (χ0v) is 15.5. The Morgan fingerprint density at radius 2 is 1.84 bits per heavy atom. The Morgan fingerprint density at radius 3 is 2.52 bits per heavy atom. The standard InChI is InChI=1S/C20H26N2O2S/c1-2-3-4-6-16-8-10-18(11-9-16)22-19(23)7-5-13-21-20(24)17-12-14-25-15-17/h8-12,14-15H,2-7,13H2,1H3,(H,21,24)(H,22,23). The minimum atomic E-state index is -0.0830. The molecule has 2 amide bonds. The molecule has 1 heterocycles. The van der Waals surface area contributed by atoms with Gasteiger partial charge in [0.15, 0.2) is 0 Å². The molecule has 0 saturated carbocycles. The Balaban J connectivity index is 1.63. The van der Waals surface area contributed by atoms with Crippen LogP contribution in [0.25, 0.3) is 0 Å². The molecule has 0 aliphatic heterocycles. The van der Waals surface area contributed by atoms with Crippen molar-refractivity contribution in [2.45, 2.75) is 45.4 Å². The first-order valence-electron chi connectivity index (χ1n) is 8.88. The van der Waals surface area contributed by atoms with E-state index < -0.39 is 0 Å². The van der Waals surface area contributed by atoms with E-state index >= 15 is 0 Å². The van der Waals surface area contributed by atoms with Gasteiger partial charge in [0.05, 0.1) is 0 Å². The van der Waals surface area contributed by atoms with Crippen molar-refractivity contribution in [3.05, 3.63) is 52.2 Å². The van der Waals surface area contributed by atoms with Gasteiger partial charge in [0.2, 0.25) is 5.91 Å². The lowest BCUT2D eigenvalue weighted by molar-refractivity contribution is -0.116. The van der Waals surface area contributed by atoms with Gasteiger partial charge in [-0.05, 0) is 48.4 Å². The van der Waals surface area contributed by atoms with E-state index in [1.54, 1.807) is 6.07 Å². The summed E-state index contributed by atoms with van der Waals surface area (Å²) in [5.41, 5.74) is 2.81. The maximum absolute atomic E-state index is 12.0. The number of hydrogen-bond acceptors (Lipinski definition) is 3. The van der Waals surface area contributed by atoms with Crippen molar-refractivity contribution in [1.82, 2.24) is 5.32 Å². The largest absolute Gasteiger partial charge is 0.352 e. The highest BCUT2D eigenvalue weighted by Gasteiger charge is 2.06. The quantitative estimate of drug-likeness (QED) is 0.608. The Morgan fingerprint density at radius 1 is 1.04 bits per heavy atom. The van der Waals surface area contributed by atoms with E-state index in [4.69, 9.17) is 0 Å². The summed E-state index contributed by atoms with van der Waals surface area (Å²) in [4.78, 5) is 23.7. The molecule has 0 saturated heterocycles. The van der Waals surface area contributed by atoms with Crippen LogP contribution in [-0.2, 0) is 11.2 Å². The third-order valence-electron chi connectivity index (χ3n) is 3.96. The van der Waals surface area contributed by atoms with Crippen LogP contribution in [0.5, 0.6) is 0 Å². The monoisotopic (exact) mass is 358 g/mol. The second-order valence-electron chi connectivity index (χ2n) is 6.07. The van der Waals surface area contributed by atoms with Gasteiger partial charge in [0.25, 0.3) is 5.91 Å². The Kier molecular flexibility index (Phi) is 8.19.